The number of hydrogen-bond acceptors (Lipinski definition) is 3. The molecule has 1 fully saturated rings. The number of piperidine rings is 1. The first-order valence-electron chi connectivity index (χ1n) is 9.16. The van der Waals surface area contributed by atoms with E-state index in [-0.39, 0.29) is 5.91 Å². The van der Waals surface area contributed by atoms with Crippen LogP contribution >= 0.6 is 15.9 Å². The van der Waals surface area contributed by atoms with Gasteiger partial charge in [-0.3, -0.25) is 4.79 Å². The minimum atomic E-state index is -0.163. The van der Waals surface area contributed by atoms with Crippen LogP contribution in [0.15, 0.2) is 53.0 Å². The second-order valence-corrected chi connectivity index (χ2v) is 7.82. The van der Waals surface area contributed by atoms with Crippen molar-refractivity contribution in [3.8, 4) is 5.75 Å². The molecule has 0 radical (unpaired) electrons. The van der Waals surface area contributed by atoms with Gasteiger partial charge >= 0.3 is 0 Å². The molecule has 0 unspecified atom stereocenters. The molecule has 1 amide bonds. The van der Waals surface area contributed by atoms with Gasteiger partial charge in [0.15, 0.2) is 0 Å². The van der Waals surface area contributed by atoms with Gasteiger partial charge in [0.2, 0.25) is 5.91 Å². The zero-order valence-corrected chi connectivity index (χ0v) is 17.3. The monoisotopic (exact) mass is 428 g/mol. The molecular weight excluding hydrogens is 404 g/mol. The Hall–Kier alpha value is -2.11. The van der Waals surface area contributed by atoms with Crippen LogP contribution in [0.3, 0.4) is 0 Å². The highest BCUT2D eigenvalue weighted by molar-refractivity contribution is 9.10. The summed E-state index contributed by atoms with van der Waals surface area (Å²) in [6.07, 6.45) is 5.67. The van der Waals surface area contributed by atoms with E-state index in [9.17, 15) is 4.79 Å². The summed E-state index contributed by atoms with van der Waals surface area (Å²) in [6.45, 7) is 2.29. The first-order valence-corrected chi connectivity index (χ1v) is 9.95. The summed E-state index contributed by atoms with van der Waals surface area (Å²) < 4.78 is 6.26. The Morgan fingerprint density at radius 1 is 1.19 bits per heavy atom. The molecule has 4 nitrogen and oxygen atoms in total. The Morgan fingerprint density at radius 3 is 2.56 bits per heavy atom. The van der Waals surface area contributed by atoms with Crippen molar-refractivity contribution in [3.63, 3.8) is 0 Å². The molecule has 0 saturated carbocycles. The van der Waals surface area contributed by atoms with E-state index < -0.39 is 0 Å². The van der Waals surface area contributed by atoms with Crippen molar-refractivity contribution in [1.82, 2.24) is 4.90 Å². The Labute approximate surface area is 169 Å². The van der Waals surface area contributed by atoms with Crippen LogP contribution in [-0.4, -0.2) is 38.1 Å². The third-order valence-corrected chi connectivity index (χ3v) is 5.47. The van der Waals surface area contributed by atoms with Crippen LogP contribution in [0, 0.1) is 0 Å². The minimum absolute atomic E-state index is 0.163. The summed E-state index contributed by atoms with van der Waals surface area (Å²) in [5.74, 6) is 1.18. The zero-order valence-electron chi connectivity index (χ0n) is 15.7. The van der Waals surface area contributed by atoms with Crippen molar-refractivity contribution in [2.24, 2.45) is 0 Å². The maximum atomic E-state index is 12.2. The third-order valence-electron chi connectivity index (χ3n) is 4.97. The highest BCUT2D eigenvalue weighted by atomic mass is 79.9. The van der Waals surface area contributed by atoms with Gasteiger partial charge in [-0.2, -0.15) is 0 Å². The molecule has 1 N–H and O–H groups in total. The molecule has 0 aromatic heterocycles. The number of nitrogens with zero attached hydrogens (tertiary/aromatic N) is 1. The van der Waals surface area contributed by atoms with Gasteiger partial charge in [0.1, 0.15) is 5.75 Å². The normalized spacial score (nSPS) is 15.8. The molecular formula is C22H25BrN2O2. The van der Waals surface area contributed by atoms with Gasteiger partial charge in [0.25, 0.3) is 0 Å². The Morgan fingerprint density at radius 2 is 1.89 bits per heavy atom. The van der Waals surface area contributed by atoms with Gasteiger partial charge in [0, 0.05) is 21.8 Å². The van der Waals surface area contributed by atoms with Crippen molar-refractivity contribution in [3.05, 3.63) is 64.1 Å². The molecule has 1 aliphatic heterocycles. The van der Waals surface area contributed by atoms with Crippen LogP contribution in [-0.2, 0) is 4.79 Å². The van der Waals surface area contributed by atoms with E-state index in [1.165, 1.54) is 24.5 Å². The standard InChI is InChI=1S/C22H25BrN2O2/c1-25-13-11-17(12-14-25)16-3-7-20(8-4-16)24-22(26)10-5-18-15-19(23)6-9-21(18)27-2/h3-10,15,17H,11-14H2,1-2H3,(H,24,26)/b10-5+. The van der Waals surface area contributed by atoms with Gasteiger partial charge < -0.3 is 15.0 Å². The number of amides is 1. The third kappa shape index (κ3) is 5.44. The highest BCUT2D eigenvalue weighted by Gasteiger charge is 2.18. The fourth-order valence-corrected chi connectivity index (χ4v) is 3.74. The number of benzene rings is 2. The van der Waals surface area contributed by atoms with Crippen LogP contribution in [0.4, 0.5) is 5.69 Å². The summed E-state index contributed by atoms with van der Waals surface area (Å²) in [7, 11) is 3.79. The molecule has 1 saturated heterocycles. The number of carbonyl (C=O) groups is 1. The summed E-state index contributed by atoms with van der Waals surface area (Å²) in [5.41, 5.74) is 3.01. The SMILES string of the molecule is COc1ccc(Br)cc1/C=C/C(=O)Nc1ccc(C2CCN(C)CC2)cc1. The number of likely N-dealkylation sites (tertiary alicyclic amines) is 1. The quantitative estimate of drug-likeness (QED) is 0.687. The molecule has 1 aliphatic rings. The van der Waals surface area contributed by atoms with Crippen molar-refractivity contribution in [1.29, 1.82) is 0 Å². The molecule has 0 spiro atoms. The Bertz CT molecular complexity index is 810. The number of methoxy groups -OCH3 is 1. The number of hydrogen-bond donors (Lipinski definition) is 1. The van der Waals surface area contributed by atoms with Crippen molar-refractivity contribution in [2.45, 2.75) is 18.8 Å². The van der Waals surface area contributed by atoms with E-state index in [4.69, 9.17) is 4.74 Å². The smallest absolute Gasteiger partial charge is 0.248 e. The number of anilines is 1. The first-order chi connectivity index (χ1) is 13.0. The van der Waals surface area contributed by atoms with Gasteiger partial charge in [-0.25, -0.2) is 0 Å². The van der Waals surface area contributed by atoms with Gasteiger partial charge in [-0.05, 0) is 80.9 Å². The number of halogens is 1. The highest BCUT2D eigenvalue weighted by Crippen LogP contribution is 2.28. The minimum Gasteiger partial charge on any atom is -0.496 e. The lowest BCUT2D eigenvalue weighted by Crippen LogP contribution is -2.29. The molecule has 0 aliphatic carbocycles. The number of rotatable bonds is 5. The van der Waals surface area contributed by atoms with Gasteiger partial charge in [-0.1, -0.05) is 28.1 Å². The van der Waals surface area contributed by atoms with Crippen LogP contribution < -0.4 is 10.1 Å². The molecule has 0 bridgehead atoms. The van der Waals surface area contributed by atoms with E-state index >= 15 is 0 Å². The molecule has 27 heavy (non-hydrogen) atoms. The Balaban J connectivity index is 1.60. The zero-order chi connectivity index (χ0) is 19.2. The maximum Gasteiger partial charge on any atom is 0.248 e. The topological polar surface area (TPSA) is 41.6 Å². The number of ether oxygens (including phenoxy) is 1. The van der Waals surface area contributed by atoms with Crippen LogP contribution in [0.1, 0.15) is 29.9 Å². The molecule has 3 rings (SSSR count). The van der Waals surface area contributed by atoms with Crippen LogP contribution in [0.25, 0.3) is 6.08 Å². The van der Waals surface area contributed by atoms with Crippen molar-refractivity contribution < 1.29 is 9.53 Å². The lowest BCUT2D eigenvalue weighted by molar-refractivity contribution is -0.111. The number of nitrogens with one attached hydrogen (secondary N) is 1. The fraction of sp³-hybridized carbons (Fsp3) is 0.318. The largest absolute Gasteiger partial charge is 0.496 e. The molecule has 142 valence electrons. The summed E-state index contributed by atoms with van der Waals surface area (Å²) in [5, 5.41) is 2.91. The average Bonchev–Trinajstić information content (AvgIpc) is 2.68. The molecule has 2 aromatic carbocycles. The summed E-state index contributed by atoms with van der Waals surface area (Å²) in [6, 6.07) is 13.9. The molecule has 0 atom stereocenters. The van der Waals surface area contributed by atoms with Gasteiger partial charge in [0.05, 0.1) is 7.11 Å². The van der Waals surface area contributed by atoms with Crippen molar-refractivity contribution >= 4 is 33.6 Å². The Kier molecular flexibility index (Phi) is 6.69. The molecule has 2 aromatic rings. The number of carbonyl (C=O) groups excluding carboxylic acids is 1. The predicted molar refractivity (Wildman–Crippen MR) is 114 cm³/mol. The molecule has 1 heterocycles. The lowest BCUT2D eigenvalue weighted by Gasteiger charge is -2.29. The van der Waals surface area contributed by atoms with E-state index in [0.29, 0.717) is 5.92 Å². The average molecular weight is 429 g/mol. The van der Waals surface area contributed by atoms with Crippen LogP contribution in [0.5, 0.6) is 5.75 Å². The second kappa shape index (κ2) is 9.20. The van der Waals surface area contributed by atoms with E-state index in [1.807, 2.05) is 30.3 Å². The predicted octanol–water partition coefficient (Wildman–Crippen LogP) is 4.92. The van der Waals surface area contributed by atoms with Crippen molar-refractivity contribution in [2.75, 3.05) is 32.6 Å². The van der Waals surface area contributed by atoms with E-state index in [0.717, 1.165) is 34.6 Å². The first kappa shape index (κ1) is 19.6. The van der Waals surface area contributed by atoms with Gasteiger partial charge in [-0.15, -0.1) is 0 Å². The maximum absolute atomic E-state index is 12.2. The van der Waals surface area contributed by atoms with E-state index in [2.05, 4.69) is 45.3 Å². The summed E-state index contributed by atoms with van der Waals surface area (Å²) in [4.78, 5) is 14.6. The fourth-order valence-electron chi connectivity index (χ4n) is 3.37. The molecule has 5 heteroatoms. The van der Waals surface area contributed by atoms with E-state index in [1.54, 1.807) is 13.2 Å². The van der Waals surface area contributed by atoms with Crippen LogP contribution in [0.2, 0.25) is 0 Å². The summed E-state index contributed by atoms with van der Waals surface area (Å²) >= 11 is 3.44. The lowest BCUT2D eigenvalue weighted by atomic mass is 9.89. The second-order valence-electron chi connectivity index (χ2n) is 6.91.